The van der Waals surface area contributed by atoms with Gasteiger partial charge in [0.1, 0.15) is 10.8 Å². The fourth-order valence-electron chi connectivity index (χ4n) is 1.49. The van der Waals surface area contributed by atoms with E-state index >= 15 is 0 Å². The molecule has 0 amide bonds. The van der Waals surface area contributed by atoms with E-state index in [-0.39, 0.29) is 24.0 Å². The highest BCUT2D eigenvalue weighted by Gasteiger charge is 1.99. The Kier molecular flexibility index (Phi) is 6.73. The van der Waals surface area contributed by atoms with Crippen molar-refractivity contribution in [2.45, 2.75) is 13.5 Å². The smallest absolute Gasteiger partial charge is 0.193 e. The predicted molar refractivity (Wildman–Crippen MR) is 94.2 cm³/mol. The Hall–Kier alpha value is -1.35. The lowest BCUT2D eigenvalue weighted by molar-refractivity contribution is 0.415. The molecule has 0 fully saturated rings. The third-order valence-corrected chi connectivity index (χ3v) is 3.31. The van der Waals surface area contributed by atoms with Crippen LogP contribution in [0.1, 0.15) is 9.88 Å². The number of ether oxygens (including phenoxy) is 1. The van der Waals surface area contributed by atoms with Gasteiger partial charge in [-0.15, -0.1) is 35.3 Å². The minimum Gasteiger partial charge on any atom is -0.497 e. The summed E-state index contributed by atoms with van der Waals surface area (Å²) >= 11 is 1.62. The minimum atomic E-state index is 0. The molecule has 0 aliphatic carbocycles. The van der Waals surface area contributed by atoms with Gasteiger partial charge in [-0.2, -0.15) is 0 Å². The second kappa shape index (κ2) is 8.05. The Morgan fingerprint density at radius 3 is 2.65 bits per heavy atom. The van der Waals surface area contributed by atoms with E-state index in [4.69, 9.17) is 10.5 Å². The van der Waals surface area contributed by atoms with Crippen LogP contribution in [0.3, 0.4) is 0 Å². The summed E-state index contributed by atoms with van der Waals surface area (Å²) in [4.78, 5) is 9.65. The number of halogens is 1. The lowest BCUT2D eigenvalue weighted by Gasteiger charge is -2.06. The van der Waals surface area contributed by atoms with Crippen LogP contribution in [0, 0.1) is 6.92 Å². The summed E-state index contributed by atoms with van der Waals surface area (Å²) in [6.07, 6.45) is 1.84. The lowest BCUT2D eigenvalue weighted by Crippen LogP contribution is -2.22. The SMILES string of the molecule is COc1ccc(NC(N)=NCc2ncc(C)s2)cc1.I. The Bertz CT molecular complexity index is 568. The molecule has 0 bridgehead atoms. The Morgan fingerprint density at radius 1 is 1.40 bits per heavy atom. The van der Waals surface area contributed by atoms with Crippen LogP contribution in [0.25, 0.3) is 0 Å². The van der Waals surface area contributed by atoms with Crippen LogP contribution in [0.15, 0.2) is 35.5 Å². The number of nitrogens with two attached hydrogens (primary N) is 1. The van der Waals surface area contributed by atoms with E-state index in [0.717, 1.165) is 16.4 Å². The van der Waals surface area contributed by atoms with Crippen molar-refractivity contribution in [3.8, 4) is 5.75 Å². The largest absolute Gasteiger partial charge is 0.497 e. The summed E-state index contributed by atoms with van der Waals surface area (Å²) in [6, 6.07) is 7.49. The number of methoxy groups -OCH3 is 1. The third kappa shape index (κ3) is 4.97. The number of benzene rings is 1. The summed E-state index contributed by atoms with van der Waals surface area (Å²) in [5.41, 5.74) is 6.69. The van der Waals surface area contributed by atoms with Crippen molar-refractivity contribution in [3.63, 3.8) is 0 Å². The van der Waals surface area contributed by atoms with E-state index < -0.39 is 0 Å². The number of anilines is 1. The first-order valence-electron chi connectivity index (χ1n) is 5.79. The van der Waals surface area contributed by atoms with Gasteiger partial charge in [-0.3, -0.25) is 0 Å². The van der Waals surface area contributed by atoms with Crippen molar-refractivity contribution in [3.05, 3.63) is 40.3 Å². The Balaban J connectivity index is 0.00000200. The Labute approximate surface area is 139 Å². The van der Waals surface area contributed by atoms with Gasteiger partial charge in [0.15, 0.2) is 5.96 Å². The molecule has 108 valence electrons. The summed E-state index contributed by atoms with van der Waals surface area (Å²) in [7, 11) is 1.63. The minimum absolute atomic E-state index is 0. The van der Waals surface area contributed by atoms with Crippen molar-refractivity contribution in [1.29, 1.82) is 0 Å². The van der Waals surface area contributed by atoms with Crippen molar-refractivity contribution in [1.82, 2.24) is 4.98 Å². The number of aliphatic imine (C=N–C) groups is 1. The van der Waals surface area contributed by atoms with Crippen molar-refractivity contribution in [2.75, 3.05) is 12.4 Å². The molecule has 0 unspecified atom stereocenters. The molecule has 0 aliphatic rings. The third-order valence-electron chi connectivity index (χ3n) is 2.42. The van der Waals surface area contributed by atoms with Crippen molar-refractivity contribution >= 4 is 47.0 Å². The van der Waals surface area contributed by atoms with Crippen molar-refractivity contribution in [2.24, 2.45) is 10.7 Å². The number of nitrogens with zero attached hydrogens (tertiary/aromatic N) is 2. The van der Waals surface area contributed by atoms with Crippen LogP contribution in [-0.2, 0) is 6.54 Å². The summed E-state index contributed by atoms with van der Waals surface area (Å²) in [6.45, 7) is 2.51. The molecule has 0 spiro atoms. The maximum absolute atomic E-state index is 5.82. The number of thiazole rings is 1. The van der Waals surface area contributed by atoms with Crippen LogP contribution in [0.5, 0.6) is 5.75 Å². The lowest BCUT2D eigenvalue weighted by atomic mass is 10.3. The molecule has 1 heterocycles. The average Bonchev–Trinajstić information content (AvgIpc) is 2.83. The zero-order valence-electron chi connectivity index (χ0n) is 11.3. The first-order chi connectivity index (χ1) is 9.17. The molecule has 1 aromatic carbocycles. The summed E-state index contributed by atoms with van der Waals surface area (Å²) in [5.74, 6) is 1.18. The molecule has 3 N–H and O–H groups in total. The van der Waals surface area contributed by atoms with Crippen LogP contribution in [-0.4, -0.2) is 18.1 Å². The fourth-order valence-corrected chi connectivity index (χ4v) is 2.20. The van der Waals surface area contributed by atoms with E-state index in [1.807, 2.05) is 37.4 Å². The maximum Gasteiger partial charge on any atom is 0.193 e. The quantitative estimate of drug-likeness (QED) is 0.467. The zero-order valence-corrected chi connectivity index (χ0v) is 14.4. The maximum atomic E-state index is 5.82. The second-order valence-corrected chi connectivity index (χ2v) is 5.24. The molecule has 7 heteroatoms. The van der Waals surface area contributed by atoms with Crippen molar-refractivity contribution < 1.29 is 4.74 Å². The predicted octanol–water partition coefficient (Wildman–Crippen LogP) is 3.00. The summed E-state index contributed by atoms with van der Waals surface area (Å²) < 4.78 is 5.09. The monoisotopic (exact) mass is 404 g/mol. The van der Waals surface area contributed by atoms with E-state index in [1.54, 1.807) is 18.4 Å². The van der Waals surface area contributed by atoms with Gasteiger partial charge in [0, 0.05) is 16.8 Å². The topological polar surface area (TPSA) is 72.5 Å². The Morgan fingerprint density at radius 2 is 2.10 bits per heavy atom. The van der Waals surface area contributed by atoms with Gasteiger partial charge in [0.05, 0.1) is 13.7 Å². The first kappa shape index (κ1) is 16.7. The van der Waals surface area contributed by atoms with Gasteiger partial charge in [0.2, 0.25) is 0 Å². The molecule has 0 aliphatic heterocycles. The normalized spacial score (nSPS) is 10.8. The van der Waals surface area contributed by atoms with Gasteiger partial charge in [-0.05, 0) is 31.2 Å². The number of nitrogens with one attached hydrogen (secondary N) is 1. The van der Waals surface area contributed by atoms with E-state index in [9.17, 15) is 0 Å². The van der Waals surface area contributed by atoms with E-state index in [1.165, 1.54) is 4.88 Å². The van der Waals surface area contributed by atoms with E-state index in [0.29, 0.717) is 12.5 Å². The number of hydrogen-bond donors (Lipinski definition) is 2. The molecule has 0 saturated heterocycles. The van der Waals surface area contributed by atoms with Crippen LogP contribution in [0.2, 0.25) is 0 Å². The molecule has 0 atom stereocenters. The number of rotatable bonds is 4. The van der Waals surface area contributed by atoms with Crippen LogP contribution in [0.4, 0.5) is 5.69 Å². The van der Waals surface area contributed by atoms with Gasteiger partial charge >= 0.3 is 0 Å². The molecule has 2 rings (SSSR count). The number of guanidine groups is 1. The molecular formula is C13H17IN4OS. The highest BCUT2D eigenvalue weighted by molar-refractivity contribution is 14.0. The van der Waals surface area contributed by atoms with Crippen LogP contribution >= 0.6 is 35.3 Å². The standard InChI is InChI=1S/C13H16N4OS.HI/c1-9-7-15-12(19-9)8-16-13(14)17-10-3-5-11(18-2)6-4-10;/h3-7H,8H2,1-2H3,(H3,14,16,17);1H. The molecule has 5 nitrogen and oxygen atoms in total. The fraction of sp³-hybridized carbons (Fsp3) is 0.231. The average molecular weight is 404 g/mol. The molecule has 1 aromatic heterocycles. The van der Waals surface area contributed by atoms with E-state index in [2.05, 4.69) is 15.3 Å². The van der Waals surface area contributed by atoms with Gasteiger partial charge in [-0.25, -0.2) is 9.98 Å². The number of aromatic nitrogens is 1. The van der Waals surface area contributed by atoms with Gasteiger partial charge in [0.25, 0.3) is 0 Å². The molecule has 20 heavy (non-hydrogen) atoms. The van der Waals surface area contributed by atoms with Gasteiger partial charge in [-0.1, -0.05) is 0 Å². The number of hydrogen-bond acceptors (Lipinski definition) is 4. The molecule has 0 saturated carbocycles. The molecular weight excluding hydrogens is 387 g/mol. The zero-order chi connectivity index (χ0) is 13.7. The number of aryl methyl sites for hydroxylation is 1. The van der Waals surface area contributed by atoms with Crippen LogP contribution < -0.4 is 15.8 Å². The molecule has 0 radical (unpaired) electrons. The van der Waals surface area contributed by atoms with Gasteiger partial charge < -0.3 is 15.8 Å². The molecule has 2 aromatic rings. The second-order valence-electron chi connectivity index (χ2n) is 3.92. The summed E-state index contributed by atoms with van der Waals surface area (Å²) in [5, 5.41) is 3.97. The highest BCUT2D eigenvalue weighted by atomic mass is 127. The first-order valence-corrected chi connectivity index (χ1v) is 6.61. The highest BCUT2D eigenvalue weighted by Crippen LogP contribution is 2.15.